The van der Waals surface area contributed by atoms with Gasteiger partial charge in [0.05, 0.1) is 21.3 Å². The van der Waals surface area contributed by atoms with Gasteiger partial charge in [0.1, 0.15) is 6.33 Å². The molecule has 28 heavy (non-hydrogen) atoms. The summed E-state index contributed by atoms with van der Waals surface area (Å²) < 4.78 is 40.2. The van der Waals surface area contributed by atoms with Crippen molar-refractivity contribution in [1.29, 1.82) is 0 Å². The first-order valence-corrected chi connectivity index (χ1v) is 8.45. The molecule has 1 heterocycles. The van der Waals surface area contributed by atoms with E-state index in [1.54, 1.807) is 0 Å². The highest BCUT2D eigenvalue weighted by Crippen LogP contribution is 2.34. The Morgan fingerprint density at radius 1 is 1.18 bits per heavy atom. The van der Waals surface area contributed by atoms with Crippen molar-refractivity contribution in [3.05, 3.63) is 69.7 Å². The van der Waals surface area contributed by atoms with Crippen molar-refractivity contribution in [3.8, 4) is 11.4 Å². The smallest absolute Gasteiger partial charge is 0.416 e. The van der Waals surface area contributed by atoms with Gasteiger partial charge in [0.25, 0.3) is 5.91 Å². The Morgan fingerprint density at radius 3 is 2.46 bits per heavy atom. The molecule has 6 nitrogen and oxygen atoms in total. The molecule has 0 saturated heterocycles. The number of nitrogens with one attached hydrogen (secondary N) is 1. The standard InChI is InChI=1S/C17H11Cl2F3N4O2/c18-12-5-10(6-13(19)14(12)27)26-8-24-15(25-26)16(28)23-7-9-3-1-2-4-11(9)17(20,21)22/h1-6,8,27H,7H2,(H,23,28). The average molecular weight is 431 g/mol. The molecular weight excluding hydrogens is 420 g/mol. The first-order valence-electron chi connectivity index (χ1n) is 7.70. The highest BCUT2D eigenvalue weighted by molar-refractivity contribution is 6.37. The van der Waals surface area contributed by atoms with Crippen LogP contribution in [0.5, 0.6) is 5.75 Å². The van der Waals surface area contributed by atoms with Crippen LogP contribution in [0.1, 0.15) is 21.7 Å². The van der Waals surface area contributed by atoms with Gasteiger partial charge >= 0.3 is 6.18 Å². The summed E-state index contributed by atoms with van der Waals surface area (Å²) in [5.74, 6) is -1.31. The Morgan fingerprint density at radius 2 is 1.82 bits per heavy atom. The molecule has 0 aliphatic heterocycles. The molecule has 3 aromatic rings. The summed E-state index contributed by atoms with van der Waals surface area (Å²) in [6.07, 6.45) is -3.32. The van der Waals surface area contributed by atoms with E-state index < -0.39 is 17.6 Å². The molecule has 146 valence electrons. The molecular formula is C17H11Cl2F3N4O2. The Labute approximate surface area is 166 Å². The van der Waals surface area contributed by atoms with Crippen LogP contribution in [-0.2, 0) is 12.7 Å². The highest BCUT2D eigenvalue weighted by Gasteiger charge is 2.32. The minimum absolute atomic E-state index is 0.0206. The summed E-state index contributed by atoms with van der Waals surface area (Å²) in [7, 11) is 0. The molecule has 2 N–H and O–H groups in total. The van der Waals surface area contributed by atoms with E-state index in [-0.39, 0.29) is 33.7 Å². The lowest BCUT2D eigenvalue weighted by molar-refractivity contribution is -0.138. The van der Waals surface area contributed by atoms with E-state index >= 15 is 0 Å². The van der Waals surface area contributed by atoms with E-state index in [0.29, 0.717) is 5.69 Å². The zero-order valence-corrected chi connectivity index (χ0v) is 15.3. The van der Waals surface area contributed by atoms with Crippen LogP contribution in [0.25, 0.3) is 5.69 Å². The number of aromatic nitrogens is 3. The van der Waals surface area contributed by atoms with E-state index in [1.807, 2.05) is 0 Å². The van der Waals surface area contributed by atoms with Gasteiger partial charge < -0.3 is 10.4 Å². The SMILES string of the molecule is O=C(NCc1ccccc1C(F)(F)F)c1ncn(-c2cc(Cl)c(O)c(Cl)c2)n1. The fraction of sp³-hybridized carbons (Fsp3) is 0.118. The zero-order chi connectivity index (χ0) is 20.5. The van der Waals surface area contributed by atoms with Crippen molar-refractivity contribution in [2.75, 3.05) is 0 Å². The van der Waals surface area contributed by atoms with Crippen LogP contribution in [0.2, 0.25) is 10.0 Å². The molecule has 1 aromatic heterocycles. The number of hydrogen-bond donors (Lipinski definition) is 2. The molecule has 0 aliphatic carbocycles. The molecule has 0 fully saturated rings. The number of benzene rings is 2. The maximum Gasteiger partial charge on any atom is 0.416 e. The average Bonchev–Trinajstić information content (AvgIpc) is 3.13. The number of halogens is 5. The molecule has 2 aromatic carbocycles. The topological polar surface area (TPSA) is 80.0 Å². The highest BCUT2D eigenvalue weighted by atomic mass is 35.5. The Balaban J connectivity index is 1.76. The molecule has 11 heteroatoms. The van der Waals surface area contributed by atoms with Crippen LogP contribution in [0.3, 0.4) is 0 Å². The van der Waals surface area contributed by atoms with E-state index in [9.17, 15) is 23.1 Å². The second-order valence-corrected chi connectivity index (χ2v) is 6.42. The van der Waals surface area contributed by atoms with Crippen molar-refractivity contribution in [1.82, 2.24) is 20.1 Å². The number of amides is 1. The van der Waals surface area contributed by atoms with E-state index in [1.165, 1.54) is 41.3 Å². The minimum Gasteiger partial charge on any atom is -0.505 e. The second-order valence-electron chi connectivity index (χ2n) is 5.61. The Kier molecular flexibility index (Phi) is 5.48. The Bertz CT molecular complexity index is 1010. The monoisotopic (exact) mass is 430 g/mol. The molecule has 0 spiro atoms. The van der Waals surface area contributed by atoms with Crippen molar-refractivity contribution in [2.24, 2.45) is 0 Å². The summed E-state index contributed by atoms with van der Waals surface area (Å²) in [4.78, 5) is 16.0. The van der Waals surface area contributed by atoms with Gasteiger partial charge in [0, 0.05) is 6.54 Å². The van der Waals surface area contributed by atoms with Gasteiger partial charge in [0.15, 0.2) is 5.75 Å². The third-order valence-electron chi connectivity index (χ3n) is 3.72. The lowest BCUT2D eigenvalue weighted by Gasteiger charge is -2.12. The fourth-order valence-electron chi connectivity index (χ4n) is 2.38. The first kappa shape index (κ1) is 20.0. The zero-order valence-electron chi connectivity index (χ0n) is 13.8. The van der Waals surface area contributed by atoms with Gasteiger partial charge in [-0.15, -0.1) is 5.10 Å². The summed E-state index contributed by atoms with van der Waals surface area (Å²) in [5.41, 5.74) is -0.580. The summed E-state index contributed by atoms with van der Waals surface area (Å²) in [6.45, 7) is -0.347. The molecule has 0 atom stereocenters. The molecule has 0 saturated carbocycles. The number of phenols is 1. The third kappa shape index (κ3) is 4.20. The van der Waals surface area contributed by atoms with E-state index in [2.05, 4.69) is 15.4 Å². The predicted octanol–water partition coefficient (Wildman–Crippen LogP) is 4.23. The molecule has 0 radical (unpaired) electrons. The van der Waals surface area contributed by atoms with Gasteiger partial charge in [-0.3, -0.25) is 4.79 Å². The molecule has 3 rings (SSSR count). The number of alkyl halides is 3. The van der Waals surface area contributed by atoms with Gasteiger partial charge in [-0.05, 0) is 23.8 Å². The van der Waals surface area contributed by atoms with Crippen molar-refractivity contribution < 1.29 is 23.1 Å². The number of rotatable bonds is 4. The lowest BCUT2D eigenvalue weighted by Crippen LogP contribution is -2.25. The largest absolute Gasteiger partial charge is 0.505 e. The maximum absolute atomic E-state index is 13.0. The molecule has 0 bridgehead atoms. The Hall–Kier alpha value is -2.78. The first-order chi connectivity index (χ1) is 13.2. The summed E-state index contributed by atoms with van der Waals surface area (Å²) >= 11 is 11.7. The number of nitrogens with zero attached hydrogens (tertiary/aromatic N) is 3. The second kappa shape index (κ2) is 7.69. The van der Waals surface area contributed by atoms with Crippen molar-refractivity contribution in [3.63, 3.8) is 0 Å². The van der Waals surface area contributed by atoms with Crippen molar-refractivity contribution >= 4 is 29.1 Å². The molecule has 0 aliphatic rings. The lowest BCUT2D eigenvalue weighted by atomic mass is 10.1. The number of aromatic hydroxyl groups is 1. The van der Waals surface area contributed by atoms with Crippen LogP contribution < -0.4 is 5.32 Å². The van der Waals surface area contributed by atoms with Crippen LogP contribution >= 0.6 is 23.2 Å². The maximum atomic E-state index is 13.0. The molecule has 1 amide bonds. The van der Waals surface area contributed by atoms with Gasteiger partial charge in [-0.1, -0.05) is 41.4 Å². The van der Waals surface area contributed by atoms with Gasteiger partial charge in [0.2, 0.25) is 5.82 Å². The van der Waals surface area contributed by atoms with Crippen LogP contribution in [0, 0.1) is 0 Å². The number of carbonyl (C=O) groups is 1. The third-order valence-corrected chi connectivity index (χ3v) is 4.30. The number of carbonyl (C=O) groups excluding carboxylic acids is 1. The predicted molar refractivity (Wildman–Crippen MR) is 95.7 cm³/mol. The van der Waals surface area contributed by atoms with Crippen LogP contribution in [0.15, 0.2) is 42.7 Å². The van der Waals surface area contributed by atoms with E-state index in [4.69, 9.17) is 23.2 Å². The van der Waals surface area contributed by atoms with Gasteiger partial charge in [-0.25, -0.2) is 9.67 Å². The van der Waals surface area contributed by atoms with Crippen molar-refractivity contribution in [2.45, 2.75) is 12.7 Å². The summed E-state index contributed by atoms with van der Waals surface area (Å²) in [5, 5.41) is 15.8. The minimum atomic E-state index is -4.53. The quantitative estimate of drug-likeness (QED) is 0.648. The van der Waals surface area contributed by atoms with Gasteiger partial charge in [-0.2, -0.15) is 13.2 Å². The fourth-order valence-corrected chi connectivity index (χ4v) is 2.86. The number of hydrogen-bond acceptors (Lipinski definition) is 4. The normalized spacial score (nSPS) is 11.5. The van der Waals surface area contributed by atoms with Crippen LogP contribution in [-0.4, -0.2) is 25.8 Å². The van der Waals surface area contributed by atoms with E-state index in [0.717, 1.165) is 6.07 Å². The summed E-state index contributed by atoms with van der Waals surface area (Å²) in [6, 6.07) is 7.65. The number of phenolic OH excluding ortho intramolecular Hbond substituents is 1. The molecule has 0 unspecified atom stereocenters. The van der Waals surface area contributed by atoms with Crippen LogP contribution in [0.4, 0.5) is 13.2 Å².